The molecule has 0 amide bonds. The van der Waals surface area contributed by atoms with Crippen LogP contribution < -0.4 is 4.90 Å². The second kappa shape index (κ2) is 5.92. The third-order valence-corrected chi connectivity index (χ3v) is 3.28. The van der Waals surface area contributed by atoms with Crippen LogP contribution in [0.5, 0.6) is 0 Å². The van der Waals surface area contributed by atoms with Crippen LogP contribution in [0, 0.1) is 6.92 Å². The fraction of sp³-hybridized carbons (Fsp3) is 0.200. The van der Waals surface area contributed by atoms with Crippen LogP contribution in [0.1, 0.15) is 21.5 Å². The van der Waals surface area contributed by atoms with Gasteiger partial charge in [0, 0.05) is 13.6 Å². The highest BCUT2D eigenvalue weighted by molar-refractivity contribution is 6.29. The van der Waals surface area contributed by atoms with Crippen molar-refractivity contribution >= 4 is 23.4 Å². The number of carboxylic acids is 1. The van der Waals surface area contributed by atoms with Crippen molar-refractivity contribution in [2.75, 3.05) is 11.9 Å². The van der Waals surface area contributed by atoms with E-state index in [1.54, 1.807) is 0 Å². The van der Waals surface area contributed by atoms with Gasteiger partial charge in [0.15, 0.2) is 0 Å². The molecule has 20 heavy (non-hydrogen) atoms. The van der Waals surface area contributed by atoms with E-state index >= 15 is 0 Å². The predicted octanol–water partition coefficient (Wildman–Crippen LogP) is 3.38. The van der Waals surface area contributed by atoms with Gasteiger partial charge in [-0.1, -0.05) is 35.9 Å². The number of halogens is 1. The summed E-state index contributed by atoms with van der Waals surface area (Å²) >= 11 is 5.87. The van der Waals surface area contributed by atoms with Crippen LogP contribution in [0.25, 0.3) is 0 Å². The highest BCUT2D eigenvalue weighted by Crippen LogP contribution is 2.20. The van der Waals surface area contributed by atoms with Gasteiger partial charge in [0.25, 0.3) is 0 Å². The molecule has 2 rings (SSSR count). The Morgan fingerprint density at radius 2 is 2.05 bits per heavy atom. The zero-order valence-corrected chi connectivity index (χ0v) is 12.1. The second-order valence-electron chi connectivity index (χ2n) is 4.62. The normalized spacial score (nSPS) is 10.3. The van der Waals surface area contributed by atoms with E-state index in [4.69, 9.17) is 16.7 Å². The van der Waals surface area contributed by atoms with Crippen molar-refractivity contribution in [3.05, 3.63) is 58.2 Å². The number of benzene rings is 1. The van der Waals surface area contributed by atoms with Gasteiger partial charge in [-0.25, -0.2) is 9.78 Å². The Morgan fingerprint density at radius 3 is 2.70 bits per heavy atom. The molecule has 0 bridgehead atoms. The van der Waals surface area contributed by atoms with Crippen molar-refractivity contribution in [1.82, 2.24) is 4.98 Å². The SMILES string of the molecule is Cc1ccccc1CN(C)c1cc(C(=O)O)cc(Cl)n1. The number of carbonyl (C=O) groups is 1. The fourth-order valence-electron chi connectivity index (χ4n) is 1.93. The van der Waals surface area contributed by atoms with E-state index in [2.05, 4.69) is 4.98 Å². The van der Waals surface area contributed by atoms with Gasteiger partial charge in [0.05, 0.1) is 5.56 Å². The summed E-state index contributed by atoms with van der Waals surface area (Å²) < 4.78 is 0. The van der Waals surface area contributed by atoms with E-state index in [1.807, 2.05) is 43.1 Å². The Labute approximate surface area is 122 Å². The van der Waals surface area contributed by atoms with Crippen LogP contribution in [0.15, 0.2) is 36.4 Å². The lowest BCUT2D eigenvalue weighted by Gasteiger charge is -2.20. The van der Waals surface area contributed by atoms with E-state index in [0.29, 0.717) is 12.4 Å². The minimum absolute atomic E-state index is 0.136. The maximum Gasteiger partial charge on any atom is 0.335 e. The lowest BCUT2D eigenvalue weighted by Crippen LogP contribution is -2.19. The first-order valence-corrected chi connectivity index (χ1v) is 6.51. The molecule has 0 aliphatic heterocycles. The van der Waals surface area contributed by atoms with Crippen molar-refractivity contribution in [3.8, 4) is 0 Å². The quantitative estimate of drug-likeness (QED) is 0.877. The number of aryl methyl sites for hydroxylation is 1. The lowest BCUT2D eigenvalue weighted by atomic mass is 10.1. The largest absolute Gasteiger partial charge is 0.478 e. The van der Waals surface area contributed by atoms with Crippen molar-refractivity contribution < 1.29 is 9.90 Å². The summed E-state index contributed by atoms with van der Waals surface area (Å²) in [5.41, 5.74) is 2.48. The number of nitrogens with zero attached hydrogens (tertiary/aromatic N) is 2. The molecule has 0 radical (unpaired) electrons. The summed E-state index contributed by atoms with van der Waals surface area (Å²) in [6.07, 6.45) is 0. The molecule has 1 heterocycles. The molecule has 0 unspecified atom stereocenters. The van der Waals surface area contributed by atoms with E-state index in [-0.39, 0.29) is 10.7 Å². The molecule has 0 saturated carbocycles. The minimum atomic E-state index is -1.01. The van der Waals surface area contributed by atoms with Gasteiger partial charge in [0.2, 0.25) is 0 Å². The molecule has 0 aliphatic rings. The second-order valence-corrected chi connectivity index (χ2v) is 5.01. The number of hydrogen-bond acceptors (Lipinski definition) is 3. The zero-order chi connectivity index (χ0) is 14.7. The molecule has 5 heteroatoms. The summed E-state index contributed by atoms with van der Waals surface area (Å²) in [6.45, 7) is 2.68. The molecule has 2 aromatic rings. The Kier molecular flexibility index (Phi) is 4.25. The highest BCUT2D eigenvalue weighted by atomic mass is 35.5. The van der Waals surface area contributed by atoms with Crippen LogP contribution in [-0.2, 0) is 6.54 Å². The molecular weight excluding hydrogens is 276 g/mol. The maximum atomic E-state index is 11.0. The zero-order valence-electron chi connectivity index (χ0n) is 11.3. The Morgan fingerprint density at radius 1 is 1.35 bits per heavy atom. The number of hydrogen-bond donors (Lipinski definition) is 1. The smallest absolute Gasteiger partial charge is 0.335 e. The summed E-state index contributed by atoms with van der Waals surface area (Å²) in [4.78, 5) is 17.1. The summed E-state index contributed by atoms with van der Waals surface area (Å²) in [7, 11) is 1.86. The Bertz CT molecular complexity index is 644. The van der Waals surface area contributed by atoms with Crippen molar-refractivity contribution in [2.24, 2.45) is 0 Å². The highest BCUT2D eigenvalue weighted by Gasteiger charge is 2.11. The molecular formula is C15H15ClN2O2. The number of pyridine rings is 1. The van der Waals surface area contributed by atoms with Crippen molar-refractivity contribution in [1.29, 1.82) is 0 Å². The minimum Gasteiger partial charge on any atom is -0.478 e. The summed E-state index contributed by atoms with van der Waals surface area (Å²) in [5.74, 6) is -0.474. The van der Waals surface area contributed by atoms with E-state index in [9.17, 15) is 4.79 Å². The molecule has 0 saturated heterocycles. The number of aromatic nitrogens is 1. The molecule has 1 aromatic heterocycles. The van der Waals surface area contributed by atoms with E-state index in [1.165, 1.54) is 17.7 Å². The van der Waals surface area contributed by atoms with Gasteiger partial charge in [0.1, 0.15) is 11.0 Å². The average molecular weight is 291 g/mol. The third-order valence-electron chi connectivity index (χ3n) is 3.09. The molecule has 0 aliphatic carbocycles. The van der Waals surface area contributed by atoms with Crippen LogP contribution in [0.4, 0.5) is 5.82 Å². The topological polar surface area (TPSA) is 53.4 Å². The van der Waals surface area contributed by atoms with Gasteiger partial charge in [-0.05, 0) is 30.2 Å². The lowest BCUT2D eigenvalue weighted by molar-refractivity contribution is 0.0697. The molecule has 104 valence electrons. The van der Waals surface area contributed by atoms with Crippen molar-refractivity contribution in [3.63, 3.8) is 0 Å². The van der Waals surface area contributed by atoms with Gasteiger partial charge in [-0.3, -0.25) is 0 Å². The van der Waals surface area contributed by atoms with Crippen LogP contribution >= 0.6 is 11.6 Å². The third kappa shape index (κ3) is 3.27. The maximum absolute atomic E-state index is 11.0. The monoisotopic (exact) mass is 290 g/mol. The number of carboxylic acid groups (broad SMARTS) is 1. The van der Waals surface area contributed by atoms with Crippen LogP contribution in [0.2, 0.25) is 5.15 Å². The molecule has 0 spiro atoms. The van der Waals surface area contributed by atoms with Gasteiger partial charge >= 0.3 is 5.97 Å². The van der Waals surface area contributed by atoms with E-state index in [0.717, 1.165) is 5.56 Å². The number of anilines is 1. The number of aromatic carboxylic acids is 1. The van der Waals surface area contributed by atoms with Gasteiger partial charge in [-0.15, -0.1) is 0 Å². The average Bonchev–Trinajstić information content (AvgIpc) is 2.40. The standard InChI is InChI=1S/C15H15ClN2O2/c1-10-5-3-4-6-11(10)9-18(2)14-8-12(15(19)20)7-13(16)17-14/h3-8H,9H2,1-2H3,(H,19,20). The Balaban J connectivity index is 2.27. The summed E-state index contributed by atoms with van der Waals surface area (Å²) in [6, 6.07) is 10.9. The predicted molar refractivity (Wildman–Crippen MR) is 79.5 cm³/mol. The molecule has 1 aromatic carbocycles. The number of rotatable bonds is 4. The first-order valence-electron chi connectivity index (χ1n) is 6.14. The molecule has 0 atom stereocenters. The molecule has 0 fully saturated rings. The first kappa shape index (κ1) is 14.3. The van der Waals surface area contributed by atoms with Crippen LogP contribution in [0.3, 0.4) is 0 Å². The van der Waals surface area contributed by atoms with E-state index < -0.39 is 5.97 Å². The first-order chi connectivity index (χ1) is 9.47. The van der Waals surface area contributed by atoms with Crippen LogP contribution in [-0.4, -0.2) is 23.1 Å². The summed E-state index contributed by atoms with van der Waals surface area (Å²) in [5, 5.41) is 9.22. The molecule has 4 nitrogen and oxygen atoms in total. The molecule has 1 N–H and O–H groups in total. The fourth-order valence-corrected chi connectivity index (χ4v) is 2.13. The van der Waals surface area contributed by atoms with Crippen molar-refractivity contribution in [2.45, 2.75) is 13.5 Å². The van der Waals surface area contributed by atoms with Gasteiger partial charge in [-0.2, -0.15) is 0 Å². The van der Waals surface area contributed by atoms with Gasteiger partial charge < -0.3 is 10.0 Å². The Hall–Kier alpha value is -2.07.